The molecule has 5 heteroatoms. The lowest BCUT2D eigenvalue weighted by Crippen LogP contribution is -1.99. The molecule has 0 aliphatic rings. The van der Waals surface area contributed by atoms with E-state index < -0.39 is 0 Å². The molecule has 2 aromatic rings. The highest BCUT2D eigenvalue weighted by Gasteiger charge is 2.04. The molecule has 1 aromatic carbocycles. The summed E-state index contributed by atoms with van der Waals surface area (Å²) in [6.45, 7) is 0.189. The number of halogens is 3. The summed E-state index contributed by atoms with van der Waals surface area (Å²) >= 11 is 6.53. The molecule has 0 fully saturated rings. The molecule has 18 heavy (non-hydrogen) atoms. The lowest BCUT2D eigenvalue weighted by molar-refractivity contribution is 0.298. The molecule has 0 saturated carbocycles. The summed E-state index contributed by atoms with van der Waals surface area (Å²) in [5.41, 5.74) is 1.44. The van der Waals surface area contributed by atoms with Crippen LogP contribution in [-0.2, 0) is 11.9 Å². The molecule has 0 aliphatic carbocycles. The first kappa shape index (κ1) is 13.5. The summed E-state index contributed by atoms with van der Waals surface area (Å²) in [4.78, 5) is 4.17. The topological polar surface area (TPSA) is 22.1 Å². The number of ether oxygens (including phenoxy) is 1. The quantitative estimate of drug-likeness (QED) is 0.737. The zero-order valence-corrected chi connectivity index (χ0v) is 12.5. The van der Waals surface area contributed by atoms with Gasteiger partial charge in [0.15, 0.2) is 0 Å². The Morgan fingerprint density at radius 2 is 2.06 bits per heavy atom. The molecule has 1 heterocycles. The van der Waals surface area contributed by atoms with E-state index in [4.69, 9.17) is 4.74 Å². The molecule has 2 rings (SSSR count). The van der Waals surface area contributed by atoms with Gasteiger partial charge in [-0.15, -0.1) is 0 Å². The Morgan fingerprint density at radius 3 is 2.67 bits per heavy atom. The fourth-order valence-electron chi connectivity index (χ4n) is 1.38. The standard InChI is InChI=1S/C13H10Br2FNO/c14-6-11-3-4-12(7-17-11)18-8-9-1-2-10(15)5-13(9)16/h1-5,7H,6,8H2. The molecule has 0 bridgehead atoms. The smallest absolute Gasteiger partial charge is 0.138 e. The zero-order valence-electron chi connectivity index (χ0n) is 9.37. The van der Waals surface area contributed by atoms with Crippen molar-refractivity contribution < 1.29 is 9.13 Å². The van der Waals surface area contributed by atoms with Crippen molar-refractivity contribution in [2.24, 2.45) is 0 Å². The second kappa shape index (κ2) is 6.29. The van der Waals surface area contributed by atoms with E-state index in [0.29, 0.717) is 21.1 Å². The van der Waals surface area contributed by atoms with Crippen LogP contribution in [0.15, 0.2) is 41.0 Å². The van der Waals surface area contributed by atoms with E-state index in [1.165, 1.54) is 6.07 Å². The number of rotatable bonds is 4. The van der Waals surface area contributed by atoms with E-state index in [9.17, 15) is 4.39 Å². The van der Waals surface area contributed by atoms with Crippen molar-refractivity contribution >= 4 is 31.9 Å². The van der Waals surface area contributed by atoms with E-state index >= 15 is 0 Å². The minimum Gasteiger partial charge on any atom is -0.487 e. The van der Waals surface area contributed by atoms with Crippen LogP contribution < -0.4 is 4.74 Å². The number of hydrogen-bond acceptors (Lipinski definition) is 2. The molecular formula is C13H10Br2FNO. The second-order valence-electron chi connectivity index (χ2n) is 3.64. The van der Waals surface area contributed by atoms with Gasteiger partial charge in [-0.05, 0) is 24.3 Å². The van der Waals surface area contributed by atoms with Gasteiger partial charge in [-0.25, -0.2) is 4.39 Å². The SMILES string of the molecule is Fc1cc(Br)ccc1COc1ccc(CBr)nc1. The number of alkyl halides is 1. The Bertz CT molecular complexity index is 531. The molecule has 1 aromatic heterocycles. The second-order valence-corrected chi connectivity index (χ2v) is 5.12. The van der Waals surface area contributed by atoms with E-state index in [1.54, 1.807) is 18.3 Å². The van der Waals surface area contributed by atoms with Crippen LogP contribution in [0, 0.1) is 5.82 Å². The number of benzene rings is 1. The molecule has 0 spiro atoms. The highest BCUT2D eigenvalue weighted by molar-refractivity contribution is 9.10. The van der Waals surface area contributed by atoms with Crippen molar-refractivity contribution in [2.45, 2.75) is 11.9 Å². The largest absolute Gasteiger partial charge is 0.487 e. The molecule has 0 unspecified atom stereocenters. The number of nitrogens with zero attached hydrogens (tertiary/aromatic N) is 1. The molecule has 0 radical (unpaired) electrons. The first-order valence-corrected chi connectivity index (χ1v) is 7.18. The van der Waals surface area contributed by atoms with E-state index in [-0.39, 0.29) is 12.4 Å². The van der Waals surface area contributed by atoms with Gasteiger partial charge < -0.3 is 4.74 Å². The minimum absolute atomic E-state index is 0.189. The van der Waals surface area contributed by atoms with Gasteiger partial charge >= 0.3 is 0 Å². The molecule has 0 amide bonds. The number of hydrogen-bond donors (Lipinski definition) is 0. The van der Waals surface area contributed by atoms with Crippen molar-refractivity contribution in [3.63, 3.8) is 0 Å². The van der Waals surface area contributed by atoms with Crippen LogP contribution in [-0.4, -0.2) is 4.98 Å². The van der Waals surface area contributed by atoms with Crippen molar-refractivity contribution in [1.29, 1.82) is 0 Å². The Hall–Kier alpha value is -0.940. The van der Waals surface area contributed by atoms with Crippen LogP contribution in [0.1, 0.15) is 11.3 Å². The summed E-state index contributed by atoms with van der Waals surface area (Å²) < 4.78 is 19.7. The van der Waals surface area contributed by atoms with Gasteiger partial charge in [0.05, 0.1) is 11.9 Å². The van der Waals surface area contributed by atoms with Gasteiger partial charge in [-0.2, -0.15) is 0 Å². The third-order valence-electron chi connectivity index (χ3n) is 2.34. The fraction of sp³-hybridized carbons (Fsp3) is 0.154. The maximum absolute atomic E-state index is 13.5. The van der Waals surface area contributed by atoms with Crippen molar-refractivity contribution in [3.8, 4) is 5.75 Å². The fourth-order valence-corrected chi connectivity index (χ4v) is 2.04. The Labute approximate surface area is 121 Å². The maximum atomic E-state index is 13.5. The highest BCUT2D eigenvalue weighted by atomic mass is 79.9. The van der Waals surface area contributed by atoms with Crippen molar-refractivity contribution in [3.05, 3.63) is 58.1 Å². The van der Waals surface area contributed by atoms with Gasteiger partial charge in [0.1, 0.15) is 18.2 Å². The zero-order chi connectivity index (χ0) is 13.0. The van der Waals surface area contributed by atoms with Crippen LogP contribution in [0.4, 0.5) is 4.39 Å². The summed E-state index contributed by atoms with van der Waals surface area (Å²) in [6.07, 6.45) is 1.63. The minimum atomic E-state index is -0.283. The average Bonchev–Trinajstić information content (AvgIpc) is 2.38. The van der Waals surface area contributed by atoms with Gasteiger partial charge in [0.25, 0.3) is 0 Å². The first-order valence-electron chi connectivity index (χ1n) is 5.26. The third-order valence-corrected chi connectivity index (χ3v) is 3.41. The third kappa shape index (κ3) is 3.53. The lowest BCUT2D eigenvalue weighted by atomic mass is 10.2. The molecule has 94 valence electrons. The molecule has 0 atom stereocenters. The number of aromatic nitrogens is 1. The molecule has 0 N–H and O–H groups in total. The van der Waals surface area contributed by atoms with Gasteiger partial charge in [-0.3, -0.25) is 4.98 Å². The molecular weight excluding hydrogens is 365 g/mol. The van der Waals surface area contributed by atoms with E-state index in [2.05, 4.69) is 36.8 Å². The Kier molecular flexibility index (Phi) is 4.72. The van der Waals surface area contributed by atoms with E-state index in [1.807, 2.05) is 12.1 Å². The first-order chi connectivity index (χ1) is 8.69. The van der Waals surface area contributed by atoms with Gasteiger partial charge in [0.2, 0.25) is 0 Å². The maximum Gasteiger partial charge on any atom is 0.138 e. The van der Waals surface area contributed by atoms with Gasteiger partial charge in [-0.1, -0.05) is 37.9 Å². The molecule has 0 aliphatic heterocycles. The van der Waals surface area contributed by atoms with Crippen LogP contribution in [0.3, 0.4) is 0 Å². The molecule has 2 nitrogen and oxygen atoms in total. The van der Waals surface area contributed by atoms with Crippen LogP contribution in [0.25, 0.3) is 0 Å². The summed E-state index contributed by atoms with van der Waals surface area (Å²) in [5.74, 6) is 0.344. The average molecular weight is 375 g/mol. The predicted octanol–water partition coefficient (Wildman–Crippen LogP) is 4.46. The summed E-state index contributed by atoms with van der Waals surface area (Å²) in [7, 11) is 0. The van der Waals surface area contributed by atoms with Crippen LogP contribution >= 0.6 is 31.9 Å². The summed E-state index contributed by atoms with van der Waals surface area (Å²) in [6, 6.07) is 8.58. The van der Waals surface area contributed by atoms with Crippen LogP contribution in [0.2, 0.25) is 0 Å². The normalized spacial score (nSPS) is 10.4. The van der Waals surface area contributed by atoms with Crippen molar-refractivity contribution in [1.82, 2.24) is 4.98 Å². The summed E-state index contributed by atoms with van der Waals surface area (Å²) in [5, 5.41) is 0.703. The van der Waals surface area contributed by atoms with Crippen LogP contribution in [0.5, 0.6) is 5.75 Å². The Morgan fingerprint density at radius 1 is 1.22 bits per heavy atom. The predicted molar refractivity (Wildman–Crippen MR) is 75.3 cm³/mol. The number of pyridine rings is 1. The molecule has 0 saturated heterocycles. The lowest BCUT2D eigenvalue weighted by Gasteiger charge is -2.07. The highest BCUT2D eigenvalue weighted by Crippen LogP contribution is 2.18. The van der Waals surface area contributed by atoms with Crippen molar-refractivity contribution in [2.75, 3.05) is 0 Å². The van der Waals surface area contributed by atoms with Gasteiger partial charge in [0, 0.05) is 15.4 Å². The van der Waals surface area contributed by atoms with E-state index in [0.717, 1.165) is 5.69 Å². The Balaban J connectivity index is 2.02. The monoisotopic (exact) mass is 373 g/mol.